The second kappa shape index (κ2) is 12.3. The topological polar surface area (TPSA) is 141 Å². The Morgan fingerprint density at radius 3 is 2.21 bits per heavy atom. The molecule has 10 heteroatoms. The van der Waals surface area contributed by atoms with Crippen molar-refractivity contribution in [2.45, 2.75) is 129 Å². The molecule has 3 fully saturated rings. The molecule has 38 heavy (non-hydrogen) atoms. The van der Waals surface area contributed by atoms with Gasteiger partial charge in [0.15, 0.2) is 12.6 Å². The monoisotopic (exact) mass is 545 g/mol. The Balaban J connectivity index is 1.93. The molecule has 3 unspecified atom stereocenters. The predicted molar refractivity (Wildman–Crippen MR) is 140 cm³/mol. The van der Waals surface area contributed by atoms with Crippen LogP contribution < -0.4 is 0 Å². The molecular weight excluding hydrogens is 494 g/mol. The standard InChI is InChI=1S/C28H51NO9/c1-10-19-14(3)22(31)15(4)21(30)13(2)12-28(7,34)25(32)16(5)23(17(6)26(33)35-19)36-20-11-18(29(8)9)24-27(37-20)38-24/h13-25,27,30-32,34H,10-12H2,1-9H3/t13-,14+,15+,16+,17-,18?,19-,20-,21?,22+,23+,24+,25-,27?,28-/m1/s1. The number of carbonyl (C=O) groups excluding carboxylic acids is 1. The molecule has 0 aromatic rings. The third kappa shape index (κ3) is 6.71. The SMILES string of the molecule is CC[C@H]1OC(=O)[C@H](C)[C@@H](O[C@H]2CC(N(C)C)[C@@H]3OC3O2)[C@H](C)[C@@H](O)[C@](C)(O)C[C@@H](C)C(O)[C@H](C)[C@@H](O)[C@H]1C. The number of esters is 1. The number of epoxide rings is 1. The lowest BCUT2D eigenvalue weighted by Gasteiger charge is -2.43. The van der Waals surface area contributed by atoms with E-state index in [9.17, 15) is 25.2 Å². The van der Waals surface area contributed by atoms with Crippen LogP contribution in [0, 0.1) is 29.6 Å². The van der Waals surface area contributed by atoms with E-state index in [1.807, 2.05) is 27.9 Å². The first-order valence-electron chi connectivity index (χ1n) is 14.2. The van der Waals surface area contributed by atoms with E-state index in [-0.39, 0.29) is 24.9 Å². The molecule has 0 amide bonds. The van der Waals surface area contributed by atoms with Gasteiger partial charge in [0, 0.05) is 30.2 Å². The van der Waals surface area contributed by atoms with Crippen molar-refractivity contribution in [1.29, 1.82) is 0 Å². The first-order valence-corrected chi connectivity index (χ1v) is 14.2. The van der Waals surface area contributed by atoms with Gasteiger partial charge in [0.25, 0.3) is 0 Å². The molecule has 3 saturated heterocycles. The fourth-order valence-corrected chi connectivity index (χ4v) is 6.50. The van der Waals surface area contributed by atoms with Crippen LogP contribution in [0.15, 0.2) is 0 Å². The number of aliphatic hydroxyl groups excluding tert-OH is 3. The summed E-state index contributed by atoms with van der Waals surface area (Å²) < 4.78 is 23.9. The fourth-order valence-electron chi connectivity index (χ4n) is 6.50. The molecule has 15 atom stereocenters. The lowest BCUT2D eigenvalue weighted by atomic mass is 9.74. The van der Waals surface area contributed by atoms with Crippen molar-refractivity contribution < 1.29 is 44.2 Å². The Labute approximate surface area is 227 Å². The summed E-state index contributed by atoms with van der Waals surface area (Å²) in [5.41, 5.74) is -1.60. The third-order valence-corrected chi connectivity index (χ3v) is 9.26. The Morgan fingerprint density at radius 2 is 1.63 bits per heavy atom. The lowest BCUT2D eigenvalue weighted by Crippen LogP contribution is -2.54. The van der Waals surface area contributed by atoms with E-state index in [2.05, 4.69) is 4.90 Å². The first kappa shape index (κ1) is 31.7. The van der Waals surface area contributed by atoms with E-state index in [0.717, 1.165) is 0 Å². The highest BCUT2D eigenvalue weighted by Crippen LogP contribution is 2.40. The van der Waals surface area contributed by atoms with Gasteiger partial charge in [-0.1, -0.05) is 34.6 Å². The van der Waals surface area contributed by atoms with Crippen LogP contribution in [0.4, 0.5) is 0 Å². The van der Waals surface area contributed by atoms with Gasteiger partial charge in [-0.25, -0.2) is 0 Å². The quantitative estimate of drug-likeness (QED) is 0.303. The smallest absolute Gasteiger partial charge is 0.311 e. The van der Waals surface area contributed by atoms with Crippen LogP contribution in [0.1, 0.15) is 67.7 Å². The van der Waals surface area contributed by atoms with Crippen LogP contribution in [-0.4, -0.2) is 106 Å². The molecule has 0 saturated carbocycles. The number of aliphatic hydroxyl groups is 4. The average Bonchev–Trinajstić information content (AvgIpc) is 3.65. The number of carbonyl (C=O) groups is 1. The van der Waals surface area contributed by atoms with E-state index in [1.165, 1.54) is 6.92 Å². The number of hydrogen-bond donors (Lipinski definition) is 4. The van der Waals surface area contributed by atoms with Crippen molar-refractivity contribution >= 4 is 5.97 Å². The molecule has 0 radical (unpaired) electrons. The van der Waals surface area contributed by atoms with Gasteiger partial charge in [-0.15, -0.1) is 0 Å². The van der Waals surface area contributed by atoms with Crippen molar-refractivity contribution in [1.82, 2.24) is 4.90 Å². The van der Waals surface area contributed by atoms with Crippen LogP contribution >= 0.6 is 0 Å². The third-order valence-electron chi connectivity index (χ3n) is 9.26. The zero-order valence-electron chi connectivity index (χ0n) is 24.5. The number of cyclic esters (lactones) is 1. The van der Waals surface area contributed by atoms with Crippen LogP contribution in [0.25, 0.3) is 0 Å². The second-order valence-corrected chi connectivity index (χ2v) is 12.6. The van der Waals surface area contributed by atoms with Crippen molar-refractivity contribution in [2.24, 2.45) is 29.6 Å². The molecule has 3 aliphatic heterocycles. The summed E-state index contributed by atoms with van der Waals surface area (Å²) in [6.07, 6.45) is -4.52. The summed E-state index contributed by atoms with van der Waals surface area (Å²) in [5, 5.41) is 44.9. The van der Waals surface area contributed by atoms with Gasteiger partial charge in [-0.2, -0.15) is 0 Å². The van der Waals surface area contributed by atoms with Crippen molar-refractivity contribution in [3.8, 4) is 0 Å². The van der Waals surface area contributed by atoms with Gasteiger partial charge in [-0.05, 0) is 46.7 Å². The normalized spacial score (nSPS) is 51.2. The summed E-state index contributed by atoms with van der Waals surface area (Å²) >= 11 is 0. The largest absolute Gasteiger partial charge is 0.462 e. The number of fused-ring (bicyclic) bond motifs is 1. The molecule has 10 nitrogen and oxygen atoms in total. The summed E-state index contributed by atoms with van der Waals surface area (Å²) in [6, 6.07) is 0.0824. The van der Waals surface area contributed by atoms with E-state index in [1.54, 1.807) is 27.7 Å². The van der Waals surface area contributed by atoms with Crippen molar-refractivity contribution in [2.75, 3.05) is 14.1 Å². The second-order valence-electron chi connectivity index (χ2n) is 12.6. The summed E-state index contributed by atoms with van der Waals surface area (Å²) in [6.45, 7) is 12.2. The fraction of sp³-hybridized carbons (Fsp3) is 0.964. The Hall–Kier alpha value is -0.850. The Morgan fingerprint density at radius 1 is 1.00 bits per heavy atom. The molecular formula is C28H51NO9. The molecule has 0 aromatic heterocycles. The van der Waals surface area contributed by atoms with Gasteiger partial charge in [0.1, 0.15) is 12.2 Å². The molecule has 0 bridgehead atoms. The first-order chi connectivity index (χ1) is 17.6. The number of ether oxygens (including phenoxy) is 4. The number of rotatable bonds is 4. The zero-order valence-corrected chi connectivity index (χ0v) is 24.5. The highest BCUT2D eigenvalue weighted by atomic mass is 16.8. The minimum Gasteiger partial charge on any atom is -0.462 e. The molecule has 4 N–H and O–H groups in total. The Kier molecular flexibility index (Phi) is 10.3. The number of nitrogens with zero attached hydrogens (tertiary/aromatic N) is 1. The molecule has 3 aliphatic rings. The van der Waals surface area contributed by atoms with E-state index in [0.29, 0.717) is 12.8 Å². The van der Waals surface area contributed by atoms with Gasteiger partial charge >= 0.3 is 5.97 Å². The summed E-state index contributed by atoms with van der Waals surface area (Å²) in [4.78, 5) is 15.5. The predicted octanol–water partition coefficient (Wildman–Crippen LogP) is 1.51. The van der Waals surface area contributed by atoms with Gasteiger partial charge in [0.2, 0.25) is 0 Å². The minimum absolute atomic E-state index is 0.0199. The summed E-state index contributed by atoms with van der Waals surface area (Å²) in [7, 11) is 3.93. The van der Waals surface area contributed by atoms with E-state index in [4.69, 9.17) is 18.9 Å². The van der Waals surface area contributed by atoms with Gasteiger partial charge < -0.3 is 44.3 Å². The van der Waals surface area contributed by atoms with Crippen molar-refractivity contribution in [3.05, 3.63) is 0 Å². The van der Waals surface area contributed by atoms with Crippen molar-refractivity contribution in [3.63, 3.8) is 0 Å². The van der Waals surface area contributed by atoms with E-state index < -0.39 is 78.0 Å². The van der Waals surface area contributed by atoms with Crippen LogP contribution in [0.2, 0.25) is 0 Å². The number of hydrogen-bond acceptors (Lipinski definition) is 10. The Bertz CT molecular complexity index is 794. The maximum Gasteiger partial charge on any atom is 0.311 e. The maximum absolute atomic E-state index is 13.5. The highest BCUT2D eigenvalue weighted by Gasteiger charge is 2.54. The lowest BCUT2D eigenvalue weighted by molar-refractivity contribution is -0.240. The average molecular weight is 546 g/mol. The van der Waals surface area contributed by atoms with Crippen LogP contribution in [0.3, 0.4) is 0 Å². The molecule has 0 aliphatic carbocycles. The molecule has 0 spiro atoms. The minimum atomic E-state index is -1.60. The van der Waals surface area contributed by atoms with Crippen LogP contribution in [0.5, 0.6) is 0 Å². The zero-order chi connectivity index (χ0) is 28.7. The molecule has 3 rings (SSSR count). The summed E-state index contributed by atoms with van der Waals surface area (Å²) in [5.74, 6) is -3.37. The molecule has 0 aromatic carbocycles. The van der Waals surface area contributed by atoms with Crippen LogP contribution in [-0.2, 0) is 23.7 Å². The van der Waals surface area contributed by atoms with Gasteiger partial charge in [0.05, 0.1) is 35.9 Å². The highest BCUT2D eigenvalue weighted by molar-refractivity contribution is 5.73. The molecule has 3 heterocycles. The molecule has 222 valence electrons. The maximum atomic E-state index is 13.5. The van der Waals surface area contributed by atoms with E-state index >= 15 is 0 Å². The number of likely N-dealkylation sites (N-methyl/N-ethyl adjacent to an activating group) is 1. The van der Waals surface area contributed by atoms with Gasteiger partial charge in [-0.3, -0.25) is 4.79 Å².